The number of nitroso groups, excluding NO2 is 1. The summed E-state index contributed by atoms with van der Waals surface area (Å²) in [6, 6.07) is 19.5. The second kappa shape index (κ2) is 9.93. The monoisotopic (exact) mass is 465 g/mol. The van der Waals surface area contributed by atoms with E-state index in [2.05, 4.69) is 29.2 Å². The van der Waals surface area contributed by atoms with E-state index in [0.29, 0.717) is 6.42 Å². The first kappa shape index (κ1) is 23.3. The van der Waals surface area contributed by atoms with Gasteiger partial charge in [-0.2, -0.15) is 0 Å². The minimum Gasteiger partial charge on any atom is -0.497 e. The maximum atomic E-state index is 13.9. The number of thioether (sulfide) groups is 1. The van der Waals surface area contributed by atoms with E-state index in [1.165, 1.54) is 6.92 Å². The van der Waals surface area contributed by atoms with E-state index in [1.54, 1.807) is 18.9 Å². The summed E-state index contributed by atoms with van der Waals surface area (Å²) >= 11 is 1.59. The fourth-order valence-electron chi connectivity index (χ4n) is 4.26. The number of rotatable bonds is 6. The van der Waals surface area contributed by atoms with Crippen molar-refractivity contribution in [3.05, 3.63) is 76.7 Å². The Labute approximate surface area is 198 Å². The quantitative estimate of drug-likeness (QED) is 0.361. The van der Waals surface area contributed by atoms with Gasteiger partial charge in [-0.05, 0) is 42.6 Å². The molecule has 0 saturated carbocycles. The molecule has 0 bridgehead atoms. The van der Waals surface area contributed by atoms with Crippen LogP contribution in [0.25, 0.3) is 10.8 Å². The summed E-state index contributed by atoms with van der Waals surface area (Å²) in [5, 5.41) is 1.82. The van der Waals surface area contributed by atoms with Gasteiger partial charge >= 0.3 is 12.2 Å². The Morgan fingerprint density at radius 1 is 1.06 bits per heavy atom. The molecular weight excluding hydrogens is 436 g/mol. The second-order valence-corrected chi connectivity index (χ2v) is 9.64. The van der Waals surface area contributed by atoms with Crippen LogP contribution in [0.4, 0.5) is 0 Å². The molecule has 6 nitrogen and oxygen atoms in total. The fraction of sp³-hybridized carbons (Fsp3) is 0.346. The van der Waals surface area contributed by atoms with Crippen LogP contribution < -0.4 is 4.74 Å². The Morgan fingerprint density at radius 2 is 1.79 bits per heavy atom. The molecule has 1 unspecified atom stereocenters. The zero-order chi connectivity index (χ0) is 23.5. The molecule has 3 aromatic rings. The lowest BCUT2D eigenvalue weighted by molar-refractivity contribution is -0.661. The first-order chi connectivity index (χ1) is 15.9. The number of hydrogen-bond donors (Lipinski definition) is 0. The molecule has 172 valence electrons. The number of esters is 1. The summed E-state index contributed by atoms with van der Waals surface area (Å²) in [6.45, 7) is 2.09. The molecule has 1 aliphatic heterocycles. The van der Waals surface area contributed by atoms with Crippen LogP contribution in [0, 0.1) is 4.91 Å². The fourth-order valence-corrected chi connectivity index (χ4v) is 5.75. The zero-order valence-electron chi connectivity index (χ0n) is 19.4. The summed E-state index contributed by atoms with van der Waals surface area (Å²) in [4.78, 5) is 29.1. The summed E-state index contributed by atoms with van der Waals surface area (Å²) in [7, 11) is 5.60. The van der Waals surface area contributed by atoms with Gasteiger partial charge in [0.25, 0.3) is 0 Å². The molecule has 0 saturated heterocycles. The van der Waals surface area contributed by atoms with Gasteiger partial charge in [-0.15, -0.1) is 11.8 Å². The Morgan fingerprint density at radius 3 is 2.45 bits per heavy atom. The van der Waals surface area contributed by atoms with Gasteiger partial charge < -0.3 is 14.4 Å². The van der Waals surface area contributed by atoms with Crippen molar-refractivity contribution in [1.29, 1.82) is 0 Å². The van der Waals surface area contributed by atoms with Gasteiger partial charge in [0.05, 0.1) is 7.11 Å². The van der Waals surface area contributed by atoms with Crippen LogP contribution in [-0.2, 0) is 9.53 Å². The summed E-state index contributed by atoms with van der Waals surface area (Å²) in [6.07, 6.45) is -0.339. The van der Waals surface area contributed by atoms with Crippen molar-refractivity contribution >= 4 is 28.5 Å². The third-order valence-corrected chi connectivity index (χ3v) is 7.36. The van der Waals surface area contributed by atoms with Crippen LogP contribution in [0.15, 0.2) is 65.6 Å². The Hall–Kier alpha value is -2.90. The van der Waals surface area contributed by atoms with Crippen LogP contribution in [0.2, 0.25) is 0 Å². The molecule has 0 aliphatic carbocycles. The number of carbonyl (C=O) groups is 1. The number of hydrogen-bond acceptors (Lipinski definition) is 6. The molecule has 0 amide bonds. The zero-order valence-corrected chi connectivity index (χ0v) is 20.2. The average molecular weight is 466 g/mol. The van der Waals surface area contributed by atoms with Gasteiger partial charge in [0, 0.05) is 40.0 Å². The van der Waals surface area contributed by atoms with E-state index in [4.69, 9.17) is 9.47 Å². The van der Waals surface area contributed by atoms with Crippen molar-refractivity contribution in [2.45, 2.75) is 35.8 Å². The summed E-state index contributed by atoms with van der Waals surface area (Å²) in [5.41, 5.74) is 1.88. The lowest BCUT2D eigenvalue weighted by Gasteiger charge is -2.20. The molecule has 0 spiro atoms. The maximum Gasteiger partial charge on any atom is 0.362 e. The Bertz CT molecular complexity index is 1160. The smallest absolute Gasteiger partial charge is 0.362 e. The minimum atomic E-state index is -0.959. The average Bonchev–Trinajstić information content (AvgIpc) is 2.92. The Balaban J connectivity index is 1.89. The van der Waals surface area contributed by atoms with Gasteiger partial charge in [0.15, 0.2) is 0 Å². The molecule has 0 fully saturated rings. The van der Waals surface area contributed by atoms with E-state index < -0.39 is 23.5 Å². The SMILES string of the molecule is COc1ccc(C2Sc3c(ccc4ccccc34)[C@H](CCN(C)C)[N+](=O)[C@@H]2OC(C)=O)cc1. The molecule has 0 radical (unpaired) electrons. The van der Waals surface area contributed by atoms with Gasteiger partial charge in [-0.1, -0.05) is 48.5 Å². The first-order valence-electron chi connectivity index (χ1n) is 11.0. The lowest BCUT2D eigenvalue weighted by atomic mass is 9.98. The maximum absolute atomic E-state index is 13.9. The van der Waals surface area contributed by atoms with E-state index in [-0.39, 0.29) is 0 Å². The number of fused-ring (bicyclic) bond motifs is 3. The van der Waals surface area contributed by atoms with Gasteiger partial charge in [0.2, 0.25) is 6.04 Å². The summed E-state index contributed by atoms with van der Waals surface area (Å²) in [5.74, 6) is 0.261. The largest absolute Gasteiger partial charge is 0.497 e. The molecule has 33 heavy (non-hydrogen) atoms. The van der Waals surface area contributed by atoms with Gasteiger partial charge in [-0.3, -0.25) is 4.79 Å². The third-order valence-electron chi connectivity index (χ3n) is 5.91. The van der Waals surface area contributed by atoms with Crippen molar-refractivity contribution in [1.82, 2.24) is 4.90 Å². The van der Waals surface area contributed by atoms with E-state index in [1.807, 2.05) is 50.5 Å². The van der Waals surface area contributed by atoms with E-state index in [0.717, 1.165) is 43.8 Å². The van der Waals surface area contributed by atoms with Gasteiger partial charge in [0.1, 0.15) is 11.0 Å². The van der Waals surface area contributed by atoms with Crippen LogP contribution in [0.1, 0.15) is 35.8 Å². The minimum absolute atomic E-state index is 0.397. The number of ether oxygens (including phenoxy) is 2. The highest BCUT2D eigenvalue weighted by atomic mass is 32.2. The normalized spacial score (nSPS) is 20.4. The highest BCUT2D eigenvalue weighted by Gasteiger charge is 2.48. The molecule has 3 aromatic carbocycles. The third kappa shape index (κ3) is 4.89. The number of methoxy groups -OCH3 is 1. The van der Waals surface area contributed by atoms with Crippen LogP contribution in [0.3, 0.4) is 0 Å². The molecular formula is C26H29N2O4S+. The predicted octanol–water partition coefficient (Wildman–Crippen LogP) is 5.36. The highest BCUT2D eigenvalue weighted by molar-refractivity contribution is 7.99. The van der Waals surface area contributed by atoms with Crippen LogP contribution >= 0.6 is 11.8 Å². The Kier molecular flexibility index (Phi) is 7.00. The second-order valence-electron chi connectivity index (χ2n) is 8.48. The number of benzene rings is 3. The van der Waals surface area contributed by atoms with Crippen molar-refractivity contribution in [2.24, 2.45) is 0 Å². The molecule has 4 rings (SSSR count). The molecule has 3 atom stereocenters. The van der Waals surface area contributed by atoms with Crippen molar-refractivity contribution < 1.29 is 19.0 Å². The van der Waals surface area contributed by atoms with Crippen molar-refractivity contribution in [3.8, 4) is 5.75 Å². The lowest BCUT2D eigenvalue weighted by Crippen LogP contribution is -2.35. The van der Waals surface area contributed by atoms with E-state index in [9.17, 15) is 9.70 Å². The molecule has 7 heteroatoms. The molecule has 0 N–H and O–H groups in total. The topological polar surface area (TPSA) is 58.9 Å². The van der Waals surface area contributed by atoms with Crippen molar-refractivity contribution in [3.63, 3.8) is 0 Å². The predicted molar refractivity (Wildman–Crippen MR) is 131 cm³/mol. The summed E-state index contributed by atoms with van der Waals surface area (Å²) < 4.78 is 12.0. The van der Waals surface area contributed by atoms with E-state index >= 15 is 0 Å². The molecule has 0 aromatic heterocycles. The molecule has 1 heterocycles. The van der Waals surface area contributed by atoms with Crippen LogP contribution in [-0.4, -0.2) is 49.6 Å². The standard InChI is InChI=1S/C26H29N2O4S/c1-17(29)32-26-24(19-9-12-20(31-4)13-10-19)33-25-21-8-6-5-7-18(21)11-14-22(25)23(28(26)30)15-16-27(2)3/h5-14,23-24,26H,15-16H2,1-4H3/q+1/t23-,24?,26+/m0/s1. The van der Waals surface area contributed by atoms with Crippen molar-refractivity contribution in [2.75, 3.05) is 27.7 Å². The number of carbonyl (C=O) groups excluding carboxylic acids is 1. The van der Waals surface area contributed by atoms with Gasteiger partial charge in [-0.25, -0.2) is 0 Å². The highest BCUT2D eigenvalue weighted by Crippen LogP contribution is 2.50. The first-order valence-corrected chi connectivity index (χ1v) is 11.9. The molecule has 1 aliphatic rings. The number of nitrogens with zero attached hydrogens (tertiary/aromatic N) is 2. The van der Waals surface area contributed by atoms with Crippen LogP contribution in [0.5, 0.6) is 5.75 Å².